The Morgan fingerprint density at radius 1 is 1.00 bits per heavy atom. The first kappa shape index (κ1) is 18.8. The monoisotopic (exact) mass is 367 g/mol. The van der Waals surface area contributed by atoms with Gasteiger partial charge < -0.3 is 15.1 Å². The fourth-order valence-corrected chi connectivity index (χ4v) is 2.98. The zero-order valence-corrected chi connectivity index (χ0v) is 16.0. The van der Waals surface area contributed by atoms with Crippen LogP contribution in [0.25, 0.3) is 0 Å². The Hall–Kier alpha value is -2.96. The number of amides is 2. The lowest BCUT2D eigenvalue weighted by molar-refractivity contribution is -0.129. The SMILES string of the molecule is CC(=O)N1CCN(c2ncc(C(=O)Nc3ccc(C(C)C)cc3)cn2)CC1. The van der Waals surface area contributed by atoms with Crippen molar-refractivity contribution in [2.24, 2.45) is 0 Å². The van der Waals surface area contributed by atoms with E-state index in [2.05, 4.69) is 29.1 Å². The van der Waals surface area contributed by atoms with Crippen molar-refractivity contribution in [2.45, 2.75) is 26.7 Å². The van der Waals surface area contributed by atoms with Crippen LogP contribution in [-0.2, 0) is 4.79 Å². The summed E-state index contributed by atoms with van der Waals surface area (Å²) in [6.45, 7) is 8.54. The summed E-state index contributed by atoms with van der Waals surface area (Å²) in [4.78, 5) is 36.3. The Balaban J connectivity index is 1.60. The Kier molecular flexibility index (Phi) is 5.69. The highest BCUT2D eigenvalue weighted by Crippen LogP contribution is 2.18. The highest BCUT2D eigenvalue weighted by Gasteiger charge is 2.20. The van der Waals surface area contributed by atoms with Crippen LogP contribution in [0.3, 0.4) is 0 Å². The fourth-order valence-electron chi connectivity index (χ4n) is 2.98. The van der Waals surface area contributed by atoms with Crippen LogP contribution < -0.4 is 10.2 Å². The van der Waals surface area contributed by atoms with Crippen molar-refractivity contribution in [3.05, 3.63) is 47.8 Å². The summed E-state index contributed by atoms with van der Waals surface area (Å²) in [5, 5.41) is 2.86. The molecule has 3 rings (SSSR count). The van der Waals surface area contributed by atoms with Gasteiger partial charge in [0.2, 0.25) is 11.9 Å². The Morgan fingerprint density at radius 2 is 1.59 bits per heavy atom. The van der Waals surface area contributed by atoms with E-state index >= 15 is 0 Å². The van der Waals surface area contributed by atoms with Crippen LogP contribution >= 0.6 is 0 Å². The standard InChI is InChI=1S/C20H25N5O2/c1-14(2)16-4-6-18(7-5-16)23-19(27)17-12-21-20(22-13-17)25-10-8-24(9-11-25)15(3)26/h4-7,12-14H,8-11H2,1-3H3,(H,23,27). The number of carbonyl (C=O) groups excluding carboxylic acids is 2. The van der Waals surface area contributed by atoms with Gasteiger partial charge >= 0.3 is 0 Å². The third-order valence-electron chi connectivity index (χ3n) is 4.74. The molecule has 2 heterocycles. The number of nitrogens with zero attached hydrogens (tertiary/aromatic N) is 4. The molecule has 1 saturated heterocycles. The molecule has 0 spiro atoms. The van der Waals surface area contributed by atoms with Gasteiger partial charge in [0.05, 0.1) is 5.56 Å². The van der Waals surface area contributed by atoms with Gasteiger partial charge in [-0.1, -0.05) is 26.0 Å². The van der Waals surface area contributed by atoms with Gasteiger partial charge in [0.15, 0.2) is 0 Å². The molecule has 0 saturated carbocycles. The lowest BCUT2D eigenvalue weighted by atomic mass is 10.0. The summed E-state index contributed by atoms with van der Waals surface area (Å²) in [5.41, 5.74) is 2.38. The number of aromatic nitrogens is 2. The highest BCUT2D eigenvalue weighted by atomic mass is 16.2. The molecular weight excluding hydrogens is 342 g/mol. The average Bonchev–Trinajstić information content (AvgIpc) is 2.68. The third-order valence-corrected chi connectivity index (χ3v) is 4.74. The molecule has 2 amide bonds. The lowest BCUT2D eigenvalue weighted by Gasteiger charge is -2.34. The molecule has 0 unspecified atom stereocenters. The van der Waals surface area contributed by atoms with E-state index in [0.29, 0.717) is 43.6 Å². The molecule has 7 heteroatoms. The summed E-state index contributed by atoms with van der Waals surface area (Å²) in [6.07, 6.45) is 3.08. The van der Waals surface area contributed by atoms with Crippen LogP contribution in [0.5, 0.6) is 0 Å². The lowest BCUT2D eigenvalue weighted by Crippen LogP contribution is -2.48. The zero-order valence-electron chi connectivity index (χ0n) is 16.0. The molecule has 1 aromatic carbocycles. The number of hydrogen-bond donors (Lipinski definition) is 1. The van der Waals surface area contributed by atoms with Crippen molar-refractivity contribution in [1.82, 2.24) is 14.9 Å². The molecule has 1 aromatic heterocycles. The Labute approximate surface area is 159 Å². The van der Waals surface area contributed by atoms with E-state index in [9.17, 15) is 9.59 Å². The van der Waals surface area contributed by atoms with Crippen LogP contribution in [0.4, 0.5) is 11.6 Å². The van der Waals surface area contributed by atoms with E-state index in [1.807, 2.05) is 34.1 Å². The molecule has 142 valence electrons. The molecule has 1 N–H and O–H groups in total. The Morgan fingerprint density at radius 3 is 2.11 bits per heavy atom. The predicted octanol–water partition coefficient (Wildman–Crippen LogP) is 2.52. The molecule has 2 aromatic rings. The molecule has 1 aliphatic rings. The van der Waals surface area contributed by atoms with E-state index in [0.717, 1.165) is 5.69 Å². The number of benzene rings is 1. The molecule has 1 aliphatic heterocycles. The maximum Gasteiger partial charge on any atom is 0.258 e. The van der Waals surface area contributed by atoms with E-state index < -0.39 is 0 Å². The maximum atomic E-state index is 12.4. The number of hydrogen-bond acceptors (Lipinski definition) is 5. The first-order valence-electron chi connectivity index (χ1n) is 9.18. The summed E-state index contributed by atoms with van der Waals surface area (Å²) >= 11 is 0. The molecule has 0 aliphatic carbocycles. The van der Waals surface area contributed by atoms with Crippen LogP contribution in [0, 0.1) is 0 Å². The van der Waals surface area contributed by atoms with Crippen molar-refractivity contribution >= 4 is 23.5 Å². The van der Waals surface area contributed by atoms with Crippen molar-refractivity contribution in [3.8, 4) is 0 Å². The molecule has 1 fully saturated rings. The summed E-state index contributed by atoms with van der Waals surface area (Å²) < 4.78 is 0. The van der Waals surface area contributed by atoms with Crippen molar-refractivity contribution in [2.75, 3.05) is 36.4 Å². The largest absolute Gasteiger partial charge is 0.339 e. The second-order valence-electron chi connectivity index (χ2n) is 7.00. The topological polar surface area (TPSA) is 78.4 Å². The van der Waals surface area contributed by atoms with Crippen molar-refractivity contribution in [1.29, 1.82) is 0 Å². The van der Waals surface area contributed by atoms with E-state index in [-0.39, 0.29) is 11.8 Å². The van der Waals surface area contributed by atoms with Crippen molar-refractivity contribution in [3.63, 3.8) is 0 Å². The number of carbonyl (C=O) groups is 2. The second kappa shape index (κ2) is 8.16. The third kappa shape index (κ3) is 4.61. The normalized spacial score (nSPS) is 14.4. The van der Waals surface area contributed by atoms with E-state index in [1.165, 1.54) is 18.0 Å². The van der Waals surface area contributed by atoms with Gasteiger partial charge in [-0.25, -0.2) is 9.97 Å². The minimum absolute atomic E-state index is 0.0871. The summed E-state index contributed by atoms with van der Waals surface area (Å²) in [5.74, 6) is 0.883. The van der Waals surface area contributed by atoms with Gasteiger partial charge in [0, 0.05) is 51.2 Å². The molecular formula is C20H25N5O2. The number of nitrogens with one attached hydrogen (secondary N) is 1. The maximum absolute atomic E-state index is 12.4. The number of rotatable bonds is 4. The van der Waals surface area contributed by atoms with Gasteiger partial charge in [-0.2, -0.15) is 0 Å². The molecule has 7 nitrogen and oxygen atoms in total. The first-order valence-corrected chi connectivity index (χ1v) is 9.18. The molecule has 0 bridgehead atoms. The van der Waals surface area contributed by atoms with Crippen LogP contribution in [0.2, 0.25) is 0 Å². The van der Waals surface area contributed by atoms with Crippen molar-refractivity contribution < 1.29 is 9.59 Å². The first-order chi connectivity index (χ1) is 12.9. The molecule has 0 atom stereocenters. The quantitative estimate of drug-likeness (QED) is 0.898. The zero-order chi connectivity index (χ0) is 19.4. The second-order valence-corrected chi connectivity index (χ2v) is 7.00. The smallest absolute Gasteiger partial charge is 0.258 e. The minimum Gasteiger partial charge on any atom is -0.339 e. The fraction of sp³-hybridized carbons (Fsp3) is 0.400. The van der Waals surface area contributed by atoms with Crippen LogP contribution in [-0.4, -0.2) is 52.9 Å². The van der Waals surface area contributed by atoms with Gasteiger partial charge in [-0.3, -0.25) is 9.59 Å². The van der Waals surface area contributed by atoms with Crippen LogP contribution in [0.1, 0.15) is 42.6 Å². The van der Waals surface area contributed by atoms with E-state index in [1.54, 1.807) is 6.92 Å². The van der Waals surface area contributed by atoms with Gasteiger partial charge in [-0.15, -0.1) is 0 Å². The highest BCUT2D eigenvalue weighted by molar-refractivity contribution is 6.03. The Bertz CT molecular complexity index is 794. The van der Waals surface area contributed by atoms with E-state index in [4.69, 9.17) is 0 Å². The number of anilines is 2. The molecule has 27 heavy (non-hydrogen) atoms. The molecule has 0 radical (unpaired) electrons. The van der Waals surface area contributed by atoms with Gasteiger partial charge in [-0.05, 0) is 23.6 Å². The summed E-state index contributed by atoms with van der Waals surface area (Å²) in [7, 11) is 0. The minimum atomic E-state index is -0.236. The number of piperazine rings is 1. The predicted molar refractivity (Wildman–Crippen MR) is 105 cm³/mol. The van der Waals surface area contributed by atoms with Crippen LogP contribution in [0.15, 0.2) is 36.7 Å². The average molecular weight is 367 g/mol. The summed E-state index contributed by atoms with van der Waals surface area (Å²) in [6, 6.07) is 7.83. The van der Waals surface area contributed by atoms with Gasteiger partial charge in [0.1, 0.15) is 0 Å². The van der Waals surface area contributed by atoms with Gasteiger partial charge in [0.25, 0.3) is 5.91 Å².